The standard InChI is InChI=1S/C23H18F2N2O4S/c24-18-6-3-17(4-7-18)23(29)26-14-15-1-2-16-5-12-22(28)27(21(16)13-15)32(30,31)20-10-8-19(25)9-11-20/h1-4,6-11,13H,5,12,14H2,(H,26,29). The fourth-order valence-electron chi connectivity index (χ4n) is 3.46. The van der Waals surface area contributed by atoms with E-state index in [9.17, 15) is 26.8 Å². The lowest BCUT2D eigenvalue weighted by molar-refractivity contribution is -0.117. The van der Waals surface area contributed by atoms with Crippen LogP contribution in [-0.2, 0) is 27.8 Å². The van der Waals surface area contributed by atoms with Crippen LogP contribution in [0.2, 0.25) is 0 Å². The third-order valence-corrected chi connectivity index (χ3v) is 6.86. The number of benzene rings is 3. The van der Waals surface area contributed by atoms with Crippen LogP contribution in [0, 0.1) is 11.6 Å². The molecule has 9 heteroatoms. The molecular formula is C23H18F2N2O4S. The van der Waals surface area contributed by atoms with E-state index in [0.29, 0.717) is 17.5 Å². The summed E-state index contributed by atoms with van der Waals surface area (Å²) in [6, 6.07) is 14.3. The Morgan fingerprint density at radius 2 is 1.53 bits per heavy atom. The number of hydrogen-bond donors (Lipinski definition) is 1. The minimum absolute atomic E-state index is 0.0219. The molecule has 0 saturated carbocycles. The van der Waals surface area contributed by atoms with E-state index in [1.54, 1.807) is 18.2 Å². The van der Waals surface area contributed by atoms with Crippen LogP contribution >= 0.6 is 0 Å². The van der Waals surface area contributed by atoms with Gasteiger partial charge in [-0.3, -0.25) is 9.59 Å². The number of anilines is 1. The first-order chi connectivity index (χ1) is 15.3. The number of halogens is 2. The Hall–Kier alpha value is -3.59. The summed E-state index contributed by atoms with van der Waals surface area (Å²) in [6.45, 7) is 0.0715. The van der Waals surface area contributed by atoms with Crippen molar-refractivity contribution < 1.29 is 26.8 Å². The van der Waals surface area contributed by atoms with Crippen molar-refractivity contribution in [1.82, 2.24) is 5.32 Å². The normalized spacial score (nSPS) is 13.6. The minimum atomic E-state index is -4.24. The molecule has 4 rings (SSSR count). The van der Waals surface area contributed by atoms with Gasteiger partial charge in [0, 0.05) is 18.5 Å². The third kappa shape index (κ3) is 4.24. The van der Waals surface area contributed by atoms with Crippen LogP contribution in [0.3, 0.4) is 0 Å². The van der Waals surface area contributed by atoms with Crippen molar-refractivity contribution in [3.8, 4) is 0 Å². The maximum atomic E-state index is 13.2. The topological polar surface area (TPSA) is 83.6 Å². The third-order valence-electron chi connectivity index (χ3n) is 5.11. The molecule has 0 spiro atoms. The second kappa shape index (κ2) is 8.51. The second-order valence-electron chi connectivity index (χ2n) is 7.27. The van der Waals surface area contributed by atoms with Crippen molar-refractivity contribution in [2.45, 2.75) is 24.3 Å². The van der Waals surface area contributed by atoms with Crippen molar-refractivity contribution in [2.24, 2.45) is 0 Å². The van der Waals surface area contributed by atoms with E-state index in [1.807, 2.05) is 0 Å². The van der Waals surface area contributed by atoms with Crippen LogP contribution in [0.5, 0.6) is 0 Å². The van der Waals surface area contributed by atoms with Crippen molar-refractivity contribution in [3.05, 3.63) is 95.1 Å². The van der Waals surface area contributed by atoms with Crippen molar-refractivity contribution in [1.29, 1.82) is 0 Å². The molecule has 2 amide bonds. The van der Waals surface area contributed by atoms with E-state index >= 15 is 0 Å². The largest absolute Gasteiger partial charge is 0.348 e. The highest BCUT2D eigenvalue weighted by Crippen LogP contribution is 2.33. The number of nitrogens with zero attached hydrogens (tertiary/aromatic N) is 1. The van der Waals surface area contributed by atoms with Gasteiger partial charge in [-0.05, 0) is 72.1 Å². The van der Waals surface area contributed by atoms with E-state index < -0.39 is 33.5 Å². The molecule has 3 aromatic carbocycles. The highest BCUT2D eigenvalue weighted by atomic mass is 32.2. The fourth-order valence-corrected chi connectivity index (χ4v) is 4.94. The maximum Gasteiger partial charge on any atom is 0.270 e. The highest BCUT2D eigenvalue weighted by Gasteiger charge is 2.35. The maximum absolute atomic E-state index is 13.2. The first-order valence-electron chi connectivity index (χ1n) is 9.75. The molecule has 0 bridgehead atoms. The highest BCUT2D eigenvalue weighted by molar-refractivity contribution is 7.93. The van der Waals surface area contributed by atoms with Crippen molar-refractivity contribution in [3.63, 3.8) is 0 Å². The summed E-state index contributed by atoms with van der Waals surface area (Å²) in [5.41, 5.74) is 1.73. The minimum Gasteiger partial charge on any atom is -0.348 e. The number of carbonyl (C=O) groups is 2. The van der Waals surface area contributed by atoms with Crippen molar-refractivity contribution in [2.75, 3.05) is 4.31 Å². The van der Waals surface area contributed by atoms with Gasteiger partial charge < -0.3 is 5.32 Å². The summed E-state index contributed by atoms with van der Waals surface area (Å²) in [5, 5.41) is 2.69. The lowest BCUT2D eigenvalue weighted by Gasteiger charge is -2.29. The van der Waals surface area contributed by atoms with Gasteiger partial charge in [0.05, 0.1) is 10.6 Å². The van der Waals surface area contributed by atoms with Crippen LogP contribution in [0.4, 0.5) is 14.5 Å². The van der Waals surface area contributed by atoms with Crippen LogP contribution in [-0.4, -0.2) is 20.2 Å². The van der Waals surface area contributed by atoms with Crippen LogP contribution in [0.15, 0.2) is 71.6 Å². The quantitative estimate of drug-likeness (QED) is 0.636. The number of amides is 2. The number of fused-ring (bicyclic) bond motifs is 1. The molecule has 1 aliphatic rings. The zero-order valence-corrected chi connectivity index (χ0v) is 17.5. The molecule has 0 aromatic heterocycles. The van der Waals surface area contributed by atoms with Crippen LogP contribution in [0.25, 0.3) is 0 Å². The second-order valence-corrected chi connectivity index (χ2v) is 9.06. The number of rotatable bonds is 5. The molecule has 0 saturated heterocycles. The van der Waals surface area contributed by atoms with E-state index in [4.69, 9.17) is 0 Å². The molecule has 1 heterocycles. The SMILES string of the molecule is O=C(NCc1ccc2c(c1)N(S(=O)(=O)c1ccc(F)cc1)C(=O)CC2)c1ccc(F)cc1. The van der Waals surface area contributed by atoms with E-state index in [-0.39, 0.29) is 29.1 Å². The van der Waals surface area contributed by atoms with E-state index in [1.165, 1.54) is 24.3 Å². The fraction of sp³-hybridized carbons (Fsp3) is 0.130. The summed E-state index contributed by atoms with van der Waals surface area (Å²) in [6.07, 6.45) is 0.403. The van der Waals surface area contributed by atoms with Gasteiger partial charge in [0.2, 0.25) is 5.91 Å². The molecule has 0 unspecified atom stereocenters. The molecule has 6 nitrogen and oxygen atoms in total. The zero-order chi connectivity index (χ0) is 22.9. The lowest BCUT2D eigenvalue weighted by atomic mass is 10.0. The predicted octanol–water partition coefficient (Wildman–Crippen LogP) is 3.56. The first-order valence-corrected chi connectivity index (χ1v) is 11.2. The van der Waals surface area contributed by atoms with Crippen molar-refractivity contribution >= 4 is 27.5 Å². The zero-order valence-electron chi connectivity index (χ0n) is 16.7. The Morgan fingerprint density at radius 3 is 2.19 bits per heavy atom. The van der Waals surface area contributed by atoms with Gasteiger partial charge in [0.15, 0.2) is 0 Å². The first kappa shape index (κ1) is 21.6. The van der Waals surface area contributed by atoms with Gasteiger partial charge in [-0.1, -0.05) is 12.1 Å². The lowest BCUT2D eigenvalue weighted by Crippen LogP contribution is -2.40. The van der Waals surface area contributed by atoms with Gasteiger partial charge in [-0.15, -0.1) is 0 Å². The Morgan fingerprint density at radius 1 is 0.906 bits per heavy atom. The summed E-state index contributed by atoms with van der Waals surface area (Å²) in [7, 11) is -4.24. The average molecular weight is 456 g/mol. The summed E-state index contributed by atoms with van der Waals surface area (Å²) in [5.74, 6) is -2.05. The number of carbonyl (C=O) groups excluding carboxylic acids is 2. The molecule has 164 valence electrons. The average Bonchev–Trinajstić information content (AvgIpc) is 2.77. The molecule has 1 aliphatic heterocycles. The van der Waals surface area contributed by atoms with Gasteiger partial charge in [-0.25, -0.2) is 21.5 Å². The van der Waals surface area contributed by atoms with Crippen LogP contribution < -0.4 is 9.62 Å². The molecule has 0 fully saturated rings. The Bertz CT molecular complexity index is 1290. The molecule has 0 atom stereocenters. The van der Waals surface area contributed by atoms with Gasteiger partial charge >= 0.3 is 0 Å². The Labute approximate surface area is 183 Å². The molecule has 3 aromatic rings. The van der Waals surface area contributed by atoms with E-state index in [0.717, 1.165) is 28.6 Å². The molecule has 0 radical (unpaired) electrons. The smallest absolute Gasteiger partial charge is 0.270 e. The predicted molar refractivity (Wildman–Crippen MR) is 113 cm³/mol. The monoisotopic (exact) mass is 456 g/mol. The molecule has 1 N–H and O–H groups in total. The number of nitrogens with one attached hydrogen (secondary N) is 1. The number of sulfonamides is 1. The number of aryl methyl sites for hydroxylation is 1. The molecule has 32 heavy (non-hydrogen) atoms. The van der Waals surface area contributed by atoms with Gasteiger partial charge in [0.1, 0.15) is 11.6 Å². The van der Waals surface area contributed by atoms with Gasteiger partial charge in [0.25, 0.3) is 15.9 Å². The summed E-state index contributed by atoms with van der Waals surface area (Å²) in [4.78, 5) is 24.7. The molecule has 0 aliphatic carbocycles. The van der Waals surface area contributed by atoms with Crippen LogP contribution in [0.1, 0.15) is 27.9 Å². The van der Waals surface area contributed by atoms with E-state index in [2.05, 4.69) is 5.32 Å². The molecular weight excluding hydrogens is 438 g/mol. The Kier molecular flexibility index (Phi) is 5.75. The van der Waals surface area contributed by atoms with Gasteiger partial charge in [-0.2, -0.15) is 0 Å². The Balaban J connectivity index is 1.61. The summed E-state index contributed by atoms with van der Waals surface area (Å²) < 4.78 is 53.3. The number of hydrogen-bond acceptors (Lipinski definition) is 4. The summed E-state index contributed by atoms with van der Waals surface area (Å²) >= 11 is 0.